The van der Waals surface area contributed by atoms with Gasteiger partial charge in [-0.15, -0.1) is 0 Å². The second kappa shape index (κ2) is 3.02. The first-order valence-corrected chi connectivity index (χ1v) is 4.38. The summed E-state index contributed by atoms with van der Waals surface area (Å²) in [7, 11) is 0. The summed E-state index contributed by atoms with van der Waals surface area (Å²) in [6.45, 7) is 2.20. The molecule has 61 valence electrons. The minimum Gasteiger partial charge on any atom is -0.361 e. The van der Waals surface area contributed by atoms with Crippen LogP contribution in [0.3, 0.4) is 0 Å². The molecular formula is C11H12N. The largest absolute Gasteiger partial charge is 0.361 e. The number of aryl methyl sites for hydroxylation is 1. The third-order valence-electron chi connectivity index (χ3n) is 2.08. The van der Waals surface area contributed by atoms with E-state index in [1.54, 1.807) is 0 Å². The van der Waals surface area contributed by atoms with E-state index in [2.05, 4.69) is 36.2 Å². The summed E-state index contributed by atoms with van der Waals surface area (Å²) in [4.78, 5) is 3.13. The lowest BCUT2D eigenvalue weighted by Crippen LogP contribution is -1.81. The maximum Gasteiger partial charge on any atom is 0.0460 e. The Kier molecular flexibility index (Phi) is 1.86. The monoisotopic (exact) mass is 158 g/mol. The smallest absolute Gasteiger partial charge is 0.0460 e. The highest BCUT2D eigenvalue weighted by molar-refractivity contribution is 5.79. The van der Waals surface area contributed by atoms with Gasteiger partial charge >= 0.3 is 0 Å². The number of nitrogens with one attached hydrogen (secondary N) is 1. The van der Waals surface area contributed by atoms with Crippen molar-refractivity contribution in [2.75, 3.05) is 0 Å². The lowest BCUT2D eigenvalue weighted by molar-refractivity contribution is 0.923. The van der Waals surface area contributed by atoms with E-state index in [-0.39, 0.29) is 0 Å². The highest BCUT2D eigenvalue weighted by Gasteiger charge is 1.95. The van der Waals surface area contributed by atoms with Crippen LogP contribution in [0.2, 0.25) is 0 Å². The molecule has 0 spiro atoms. The summed E-state index contributed by atoms with van der Waals surface area (Å²) >= 11 is 0. The van der Waals surface area contributed by atoms with E-state index in [0.717, 1.165) is 6.42 Å². The quantitative estimate of drug-likeness (QED) is 0.691. The molecule has 1 heterocycles. The molecule has 0 atom stereocenters. The number of H-pyrrole nitrogens is 1. The Morgan fingerprint density at radius 2 is 2.33 bits per heavy atom. The van der Waals surface area contributed by atoms with Crippen LogP contribution in [0.4, 0.5) is 0 Å². The number of benzene rings is 1. The molecule has 0 saturated heterocycles. The van der Waals surface area contributed by atoms with Crippen molar-refractivity contribution < 1.29 is 0 Å². The van der Waals surface area contributed by atoms with Crippen LogP contribution >= 0.6 is 0 Å². The third-order valence-corrected chi connectivity index (χ3v) is 2.08. The standard InChI is InChI=1S/C11H12N/c1-2-3-9-4-5-11-10(8-9)6-7-12-11/h4-5,7-8,12H,2-3H2,1H3. The van der Waals surface area contributed by atoms with Gasteiger partial charge in [-0.25, -0.2) is 0 Å². The average Bonchev–Trinajstić information content (AvgIpc) is 2.51. The van der Waals surface area contributed by atoms with Gasteiger partial charge in [0.2, 0.25) is 0 Å². The Morgan fingerprint density at radius 3 is 3.17 bits per heavy atom. The van der Waals surface area contributed by atoms with Crippen molar-refractivity contribution in [3.63, 3.8) is 0 Å². The molecule has 0 bridgehead atoms. The van der Waals surface area contributed by atoms with Crippen LogP contribution in [-0.2, 0) is 6.42 Å². The van der Waals surface area contributed by atoms with E-state index in [1.807, 2.05) is 6.20 Å². The molecule has 0 saturated carbocycles. The summed E-state index contributed by atoms with van der Waals surface area (Å²) in [5.41, 5.74) is 2.58. The Morgan fingerprint density at radius 1 is 1.42 bits per heavy atom. The molecular weight excluding hydrogens is 146 g/mol. The molecule has 1 heteroatoms. The van der Waals surface area contributed by atoms with Gasteiger partial charge in [-0.1, -0.05) is 19.4 Å². The van der Waals surface area contributed by atoms with Crippen LogP contribution in [0.15, 0.2) is 24.4 Å². The Bertz CT molecular complexity index is 373. The molecule has 0 amide bonds. The zero-order valence-corrected chi connectivity index (χ0v) is 7.22. The van der Waals surface area contributed by atoms with Crippen molar-refractivity contribution in [2.24, 2.45) is 0 Å². The highest BCUT2D eigenvalue weighted by Crippen LogP contribution is 2.14. The Labute approximate surface area is 72.4 Å². The normalized spacial score (nSPS) is 10.8. The molecule has 1 radical (unpaired) electrons. The lowest BCUT2D eigenvalue weighted by Gasteiger charge is -1.97. The molecule has 12 heavy (non-hydrogen) atoms. The van der Waals surface area contributed by atoms with Gasteiger partial charge in [0.05, 0.1) is 0 Å². The van der Waals surface area contributed by atoms with Crippen molar-refractivity contribution in [1.82, 2.24) is 4.98 Å². The molecule has 0 fully saturated rings. The number of rotatable bonds is 2. The molecule has 2 rings (SSSR count). The number of hydrogen-bond donors (Lipinski definition) is 1. The van der Waals surface area contributed by atoms with Gasteiger partial charge in [0.25, 0.3) is 0 Å². The maximum atomic E-state index is 3.16. The van der Waals surface area contributed by atoms with Gasteiger partial charge in [-0.2, -0.15) is 0 Å². The zero-order chi connectivity index (χ0) is 8.39. The highest BCUT2D eigenvalue weighted by atomic mass is 14.7. The Hall–Kier alpha value is -1.24. The van der Waals surface area contributed by atoms with Crippen LogP contribution in [0.1, 0.15) is 18.9 Å². The molecule has 0 unspecified atom stereocenters. The second-order valence-electron chi connectivity index (χ2n) is 3.06. The van der Waals surface area contributed by atoms with Crippen molar-refractivity contribution in [3.05, 3.63) is 36.0 Å². The summed E-state index contributed by atoms with van der Waals surface area (Å²) in [6, 6.07) is 9.67. The molecule has 1 N–H and O–H groups in total. The summed E-state index contributed by atoms with van der Waals surface area (Å²) in [6.07, 6.45) is 4.23. The second-order valence-corrected chi connectivity index (χ2v) is 3.06. The number of aromatic nitrogens is 1. The van der Waals surface area contributed by atoms with Crippen LogP contribution in [-0.4, -0.2) is 4.98 Å². The van der Waals surface area contributed by atoms with Crippen molar-refractivity contribution in [3.8, 4) is 0 Å². The minimum absolute atomic E-state index is 1.16. The molecule has 1 nitrogen and oxygen atoms in total. The van der Waals surface area contributed by atoms with Crippen molar-refractivity contribution >= 4 is 10.9 Å². The van der Waals surface area contributed by atoms with E-state index in [0.29, 0.717) is 0 Å². The van der Waals surface area contributed by atoms with Gasteiger partial charge < -0.3 is 4.98 Å². The van der Waals surface area contributed by atoms with Crippen LogP contribution < -0.4 is 0 Å². The third kappa shape index (κ3) is 1.22. The first kappa shape index (κ1) is 7.41. The molecule has 0 aliphatic rings. The zero-order valence-electron chi connectivity index (χ0n) is 7.22. The molecule has 0 aliphatic heterocycles. The van der Waals surface area contributed by atoms with E-state index in [4.69, 9.17) is 0 Å². The van der Waals surface area contributed by atoms with Gasteiger partial charge in [-0.05, 0) is 24.1 Å². The fraction of sp³-hybridized carbons (Fsp3) is 0.273. The van der Waals surface area contributed by atoms with E-state index >= 15 is 0 Å². The van der Waals surface area contributed by atoms with Crippen LogP contribution in [0, 0.1) is 6.07 Å². The fourth-order valence-electron chi connectivity index (χ4n) is 1.47. The topological polar surface area (TPSA) is 15.8 Å². The van der Waals surface area contributed by atoms with Crippen molar-refractivity contribution in [2.45, 2.75) is 19.8 Å². The van der Waals surface area contributed by atoms with Gasteiger partial charge in [0.15, 0.2) is 0 Å². The van der Waals surface area contributed by atoms with E-state index < -0.39 is 0 Å². The van der Waals surface area contributed by atoms with E-state index in [9.17, 15) is 0 Å². The Balaban J connectivity index is 2.46. The molecule has 1 aromatic heterocycles. The van der Waals surface area contributed by atoms with Crippen LogP contribution in [0.25, 0.3) is 10.9 Å². The average molecular weight is 158 g/mol. The molecule has 0 aliphatic carbocycles. The fourth-order valence-corrected chi connectivity index (χ4v) is 1.47. The lowest BCUT2D eigenvalue weighted by atomic mass is 10.1. The van der Waals surface area contributed by atoms with Crippen LogP contribution in [0.5, 0.6) is 0 Å². The SMILES string of the molecule is CCCc1ccc2[nH]c[c]c2c1. The molecule has 2 aromatic rings. The predicted octanol–water partition coefficient (Wildman–Crippen LogP) is 2.92. The summed E-state index contributed by atoms with van der Waals surface area (Å²) < 4.78 is 0. The maximum absolute atomic E-state index is 3.16. The van der Waals surface area contributed by atoms with Gasteiger partial charge in [-0.3, -0.25) is 0 Å². The first-order valence-electron chi connectivity index (χ1n) is 4.38. The summed E-state index contributed by atoms with van der Waals surface area (Å²) in [5, 5.41) is 1.20. The number of aromatic amines is 1. The minimum atomic E-state index is 1.16. The predicted molar refractivity (Wildman–Crippen MR) is 51.1 cm³/mol. The summed E-state index contributed by atoms with van der Waals surface area (Å²) in [5.74, 6) is 0. The van der Waals surface area contributed by atoms with Gasteiger partial charge in [0, 0.05) is 23.2 Å². The number of fused-ring (bicyclic) bond motifs is 1. The number of hydrogen-bond acceptors (Lipinski definition) is 0. The van der Waals surface area contributed by atoms with E-state index in [1.165, 1.54) is 22.9 Å². The van der Waals surface area contributed by atoms with Gasteiger partial charge in [0.1, 0.15) is 0 Å². The molecule has 1 aromatic carbocycles. The van der Waals surface area contributed by atoms with Crippen molar-refractivity contribution in [1.29, 1.82) is 0 Å². The first-order chi connectivity index (χ1) is 5.90.